The van der Waals surface area contributed by atoms with Crippen LogP contribution in [0.3, 0.4) is 0 Å². The quantitative estimate of drug-likeness (QED) is 0.623. The molecule has 1 amide bonds. The molecule has 0 fully saturated rings. The van der Waals surface area contributed by atoms with Crippen molar-refractivity contribution in [1.82, 2.24) is 0 Å². The van der Waals surface area contributed by atoms with E-state index in [1.54, 1.807) is 14.2 Å². The normalized spacial score (nSPS) is 10.3. The van der Waals surface area contributed by atoms with Gasteiger partial charge in [0.1, 0.15) is 0 Å². The number of para-hydroxylation sites is 1. The highest BCUT2D eigenvalue weighted by atomic mass is 16.5. The number of carbonyl (C=O) groups excluding carboxylic acids is 1. The van der Waals surface area contributed by atoms with Crippen LogP contribution < -0.4 is 14.4 Å². The largest absolute Gasteiger partial charge is 0.493 e. The second kappa shape index (κ2) is 8.90. The van der Waals surface area contributed by atoms with E-state index in [0.717, 1.165) is 16.8 Å². The van der Waals surface area contributed by atoms with E-state index in [2.05, 4.69) is 0 Å². The number of ether oxygens (including phenoxy) is 2. The Labute approximate surface area is 160 Å². The Bertz CT molecular complexity index is 879. The van der Waals surface area contributed by atoms with Crippen molar-refractivity contribution >= 4 is 11.6 Å². The summed E-state index contributed by atoms with van der Waals surface area (Å²) in [6.45, 7) is 0.525. The molecule has 0 bridgehead atoms. The third-order valence-electron chi connectivity index (χ3n) is 4.36. The summed E-state index contributed by atoms with van der Waals surface area (Å²) in [6.07, 6.45) is 0.280. The number of nitrogens with zero attached hydrogens (tertiary/aromatic N) is 1. The second-order valence-electron chi connectivity index (χ2n) is 6.17. The van der Waals surface area contributed by atoms with Gasteiger partial charge in [-0.05, 0) is 35.4 Å². The fourth-order valence-corrected chi connectivity index (χ4v) is 2.96. The van der Waals surface area contributed by atoms with E-state index in [-0.39, 0.29) is 12.3 Å². The number of methoxy groups -OCH3 is 2. The molecular weight excluding hydrogens is 338 g/mol. The van der Waals surface area contributed by atoms with Gasteiger partial charge in [-0.25, -0.2) is 0 Å². The summed E-state index contributed by atoms with van der Waals surface area (Å²) in [7, 11) is 3.19. The molecule has 0 aromatic heterocycles. The lowest BCUT2D eigenvalue weighted by atomic mass is 10.1. The summed E-state index contributed by atoms with van der Waals surface area (Å²) in [6, 6.07) is 25.3. The first-order valence-corrected chi connectivity index (χ1v) is 8.81. The third kappa shape index (κ3) is 4.67. The first-order valence-electron chi connectivity index (χ1n) is 8.81. The van der Waals surface area contributed by atoms with E-state index >= 15 is 0 Å². The Morgan fingerprint density at radius 1 is 0.778 bits per heavy atom. The Balaban J connectivity index is 1.85. The van der Waals surface area contributed by atoms with Crippen LogP contribution in [-0.2, 0) is 17.8 Å². The topological polar surface area (TPSA) is 38.8 Å². The smallest absolute Gasteiger partial charge is 0.231 e. The minimum atomic E-state index is 0.0253. The fourth-order valence-electron chi connectivity index (χ4n) is 2.96. The Hall–Kier alpha value is -3.27. The monoisotopic (exact) mass is 361 g/mol. The number of rotatable bonds is 7. The molecule has 0 atom stereocenters. The van der Waals surface area contributed by atoms with Gasteiger partial charge in [0.05, 0.1) is 27.2 Å². The van der Waals surface area contributed by atoms with Crippen molar-refractivity contribution < 1.29 is 14.3 Å². The molecule has 4 nitrogen and oxygen atoms in total. The number of benzene rings is 3. The van der Waals surface area contributed by atoms with Crippen molar-refractivity contribution in [2.45, 2.75) is 13.0 Å². The zero-order valence-corrected chi connectivity index (χ0v) is 15.6. The Kier molecular flexibility index (Phi) is 6.10. The fraction of sp³-hybridized carbons (Fsp3) is 0.174. The van der Waals surface area contributed by atoms with Crippen LogP contribution in [0.4, 0.5) is 5.69 Å². The minimum Gasteiger partial charge on any atom is -0.493 e. The molecule has 0 spiro atoms. The lowest BCUT2D eigenvalue weighted by Gasteiger charge is -2.23. The van der Waals surface area contributed by atoms with E-state index in [9.17, 15) is 4.79 Å². The Morgan fingerprint density at radius 2 is 1.41 bits per heavy atom. The maximum atomic E-state index is 13.1. The van der Waals surface area contributed by atoms with Crippen LogP contribution in [0, 0.1) is 0 Å². The van der Waals surface area contributed by atoms with Gasteiger partial charge in [0.25, 0.3) is 0 Å². The second-order valence-corrected chi connectivity index (χ2v) is 6.17. The first kappa shape index (κ1) is 18.5. The summed E-state index contributed by atoms with van der Waals surface area (Å²) in [5.41, 5.74) is 2.85. The van der Waals surface area contributed by atoms with Gasteiger partial charge in [-0.1, -0.05) is 54.6 Å². The SMILES string of the molecule is COc1ccc(CC(=O)N(Cc2ccccc2)c2ccccc2)cc1OC. The molecule has 0 aliphatic heterocycles. The average Bonchev–Trinajstić information content (AvgIpc) is 2.73. The zero-order valence-electron chi connectivity index (χ0n) is 15.6. The lowest BCUT2D eigenvalue weighted by molar-refractivity contribution is -0.118. The van der Waals surface area contributed by atoms with Crippen LogP contribution in [0.15, 0.2) is 78.9 Å². The Morgan fingerprint density at radius 3 is 2.04 bits per heavy atom. The van der Waals surface area contributed by atoms with Gasteiger partial charge < -0.3 is 14.4 Å². The maximum absolute atomic E-state index is 13.1. The minimum absolute atomic E-state index is 0.0253. The molecule has 0 saturated carbocycles. The van der Waals surface area contributed by atoms with Crippen LogP contribution >= 0.6 is 0 Å². The van der Waals surface area contributed by atoms with Gasteiger partial charge in [-0.15, -0.1) is 0 Å². The number of hydrogen-bond donors (Lipinski definition) is 0. The highest BCUT2D eigenvalue weighted by Gasteiger charge is 2.17. The summed E-state index contributed by atoms with van der Waals surface area (Å²) >= 11 is 0. The average molecular weight is 361 g/mol. The number of hydrogen-bond acceptors (Lipinski definition) is 3. The predicted octanol–water partition coefficient (Wildman–Crippen LogP) is 4.48. The molecular formula is C23H23NO3. The molecule has 0 N–H and O–H groups in total. The molecule has 3 aromatic rings. The third-order valence-corrected chi connectivity index (χ3v) is 4.36. The summed E-state index contributed by atoms with van der Waals surface area (Å²) in [4.78, 5) is 14.9. The van der Waals surface area contributed by atoms with Crippen molar-refractivity contribution in [2.24, 2.45) is 0 Å². The van der Waals surface area contributed by atoms with Crippen LogP contribution in [0.5, 0.6) is 11.5 Å². The van der Waals surface area contributed by atoms with Crippen molar-refractivity contribution in [2.75, 3.05) is 19.1 Å². The van der Waals surface area contributed by atoms with Gasteiger partial charge in [-0.2, -0.15) is 0 Å². The van der Waals surface area contributed by atoms with E-state index in [4.69, 9.17) is 9.47 Å². The molecule has 27 heavy (non-hydrogen) atoms. The van der Waals surface area contributed by atoms with E-state index in [1.807, 2.05) is 83.8 Å². The molecule has 0 saturated heterocycles. The molecule has 138 valence electrons. The van der Waals surface area contributed by atoms with Crippen molar-refractivity contribution in [3.63, 3.8) is 0 Å². The van der Waals surface area contributed by atoms with Gasteiger partial charge in [0.15, 0.2) is 11.5 Å². The first-order chi connectivity index (χ1) is 13.2. The standard InChI is InChI=1S/C23H23NO3/c1-26-21-14-13-19(15-22(21)27-2)16-23(25)24(20-11-7-4-8-12-20)17-18-9-5-3-6-10-18/h3-15H,16-17H2,1-2H3. The van der Waals surface area contributed by atoms with Gasteiger partial charge in [0.2, 0.25) is 5.91 Å². The maximum Gasteiger partial charge on any atom is 0.231 e. The highest BCUT2D eigenvalue weighted by Crippen LogP contribution is 2.28. The molecule has 0 heterocycles. The van der Waals surface area contributed by atoms with Gasteiger partial charge in [-0.3, -0.25) is 4.79 Å². The van der Waals surface area contributed by atoms with Crippen molar-refractivity contribution in [1.29, 1.82) is 0 Å². The van der Waals surface area contributed by atoms with Crippen LogP contribution in [0.2, 0.25) is 0 Å². The van der Waals surface area contributed by atoms with Crippen molar-refractivity contribution in [3.05, 3.63) is 90.0 Å². The summed E-state index contributed by atoms with van der Waals surface area (Å²) in [5.74, 6) is 1.30. The van der Waals surface area contributed by atoms with Gasteiger partial charge >= 0.3 is 0 Å². The number of amides is 1. The molecule has 3 rings (SSSR count). The molecule has 0 radical (unpaired) electrons. The predicted molar refractivity (Wildman–Crippen MR) is 107 cm³/mol. The molecule has 3 aromatic carbocycles. The zero-order chi connectivity index (χ0) is 19.1. The van der Waals surface area contributed by atoms with Crippen LogP contribution in [0.1, 0.15) is 11.1 Å². The summed E-state index contributed by atoms with van der Waals surface area (Å²) < 4.78 is 10.6. The van der Waals surface area contributed by atoms with E-state index in [0.29, 0.717) is 18.0 Å². The molecule has 0 unspecified atom stereocenters. The van der Waals surface area contributed by atoms with Crippen LogP contribution in [-0.4, -0.2) is 20.1 Å². The van der Waals surface area contributed by atoms with Crippen LogP contribution in [0.25, 0.3) is 0 Å². The number of carbonyl (C=O) groups is 1. The van der Waals surface area contributed by atoms with E-state index < -0.39 is 0 Å². The molecule has 0 aliphatic carbocycles. The summed E-state index contributed by atoms with van der Waals surface area (Å²) in [5, 5.41) is 0. The molecule has 0 aliphatic rings. The highest BCUT2D eigenvalue weighted by molar-refractivity contribution is 5.94. The lowest BCUT2D eigenvalue weighted by Crippen LogP contribution is -2.31. The van der Waals surface area contributed by atoms with E-state index in [1.165, 1.54) is 0 Å². The van der Waals surface area contributed by atoms with Crippen molar-refractivity contribution in [3.8, 4) is 11.5 Å². The molecule has 4 heteroatoms. The number of anilines is 1. The van der Waals surface area contributed by atoms with Gasteiger partial charge in [0, 0.05) is 5.69 Å².